The molecule has 1 aliphatic heterocycles. The number of nitrogens with zero attached hydrogens (tertiary/aromatic N) is 1. The van der Waals surface area contributed by atoms with E-state index in [0.29, 0.717) is 24.2 Å². The summed E-state index contributed by atoms with van der Waals surface area (Å²) in [5, 5.41) is 9.38. The zero-order valence-corrected chi connectivity index (χ0v) is 14.2. The Morgan fingerprint density at radius 2 is 1.95 bits per heavy atom. The van der Waals surface area contributed by atoms with E-state index in [1.807, 2.05) is 20.8 Å². The minimum Gasteiger partial charge on any atom is -0.481 e. The van der Waals surface area contributed by atoms with Crippen LogP contribution in [0.25, 0.3) is 0 Å². The van der Waals surface area contributed by atoms with Crippen molar-refractivity contribution < 1.29 is 18.3 Å². The van der Waals surface area contributed by atoms with Crippen LogP contribution in [0.3, 0.4) is 0 Å². The predicted molar refractivity (Wildman–Crippen MR) is 82.1 cm³/mol. The minimum absolute atomic E-state index is 0.275. The van der Waals surface area contributed by atoms with Gasteiger partial charge in [-0.1, -0.05) is 6.92 Å². The highest BCUT2D eigenvalue weighted by Gasteiger charge is 2.43. The summed E-state index contributed by atoms with van der Waals surface area (Å²) in [6.45, 7) is 6.10. The van der Waals surface area contributed by atoms with E-state index in [9.17, 15) is 18.3 Å². The normalized spacial score (nSPS) is 19.6. The van der Waals surface area contributed by atoms with Gasteiger partial charge in [-0.25, -0.2) is 8.42 Å². The first kappa shape index (κ1) is 16.5. The number of thiophene rings is 1. The van der Waals surface area contributed by atoms with Crippen LogP contribution in [-0.2, 0) is 14.8 Å². The molecule has 1 aromatic rings. The second kappa shape index (κ2) is 5.70. The summed E-state index contributed by atoms with van der Waals surface area (Å²) in [4.78, 5) is 13.5. The van der Waals surface area contributed by atoms with Crippen LogP contribution in [-0.4, -0.2) is 36.9 Å². The standard InChI is InChI=1S/C14H21NO4S2/c1-4-14(13(16)17)5-7-15(8-6-14)21(18,19)12-9-10(2)20-11(12)3/h9H,4-8H2,1-3H3,(H,16,17). The fourth-order valence-electron chi connectivity index (χ4n) is 2.88. The largest absolute Gasteiger partial charge is 0.481 e. The SMILES string of the molecule is CCC1(C(=O)O)CCN(S(=O)(=O)c2cc(C)sc2C)CC1. The molecule has 21 heavy (non-hydrogen) atoms. The van der Waals surface area contributed by atoms with Crippen molar-refractivity contribution in [1.29, 1.82) is 0 Å². The monoisotopic (exact) mass is 331 g/mol. The number of aryl methyl sites for hydroxylation is 2. The van der Waals surface area contributed by atoms with Crippen molar-refractivity contribution in [2.24, 2.45) is 5.41 Å². The minimum atomic E-state index is -3.51. The van der Waals surface area contributed by atoms with Gasteiger partial charge in [-0.15, -0.1) is 11.3 Å². The Morgan fingerprint density at radius 3 is 2.33 bits per heavy atom. The maximum Gasteiger partial charge on any atom is 0.309 e. The second-order valence-corrected chi connectivity index (χ2v) is 8.99. The average Bonchev–Trinajstić information content (AvgIpc) is 2.78. The highest BCUT2D eigenvalue weighted by atomic mass is 32.2. The lowest BCUT2D eigenvalue weighted by molar-refractivity contribution is -0.151. The zero-order chi connectivity index (χ0) is 15.8. The van der Waals surface area contributed by atoms with Gasteiger partial charge in [-0.2, -0.15) is 4.31 Å². The number of hydrogen-bond acceptors (Lipinski definition) is 4. The fourth-order valence-corrected chi connectivity index (χ4v) is 5.84. The smallest absolute Gasteiger partial charge is 0.309 e. The van der Waals surface area contributed by atoms with Crippen molar-refractivity contribution in [2.75, 3.05) is 13.1 Å². The molecule has 0 amide bonds. The van der Waals surface area contributed by atoms with Gasteiger partial charge in [0, 0.05) is 22.8 Å². The lowest BCUT2D eigenvalue weighted by atomic mass is 9.77. The predicted octanol–water partition coefficient (Wildman–Crippen LogP) is 2.63. The molecule has 7 heteroatoms. The average molecular weight is 331 g/mol. The van der Waals surface area contributed by atoms with E-state index in [0.717, 1.165) is 9.75 Å². The number of carboxylic acid groups (broad SMARTS) is 1. The van der Waals surface area contributed by atoms with Gasteiger partial charge in [0.15, 0.2) is 0 Å². The Bertz CT molecular complexity index is 640. The van der Waals surface area contributed by atoms with E-state index in [4.69, 9.17) is 0 Å². The van der Waals surface area contributed by atoms with E-state index >= 15 is 0 Å². The summed E-state index contributed by atoms with van der Waals surface area (Å²) in [6, 6.07) is 1.70. The van der Waals surface area contributed by atoms with Gasteiger partial charge >= 0.3 is 5.97 Å². The lowest BCUT2D eigenvalue weighted by Gasteiger charge is -2.37. The number of piperidine rings is 1. The van der Waals surface area contributed by atoms with Crippen molar-refractivity contribution >= 4 is 27.3 Å². The third-order valence-electron chi connectivity index (χ3n) is 4.42. The van der Waals surface area contributed by atoms with Gasteiger partial charge in [0.25, 0.3) is 0 Å². The van der Waals surface area contributed by atoms with E-state index < -0.39 is 21.4 Å². The number of aliphatic carboxylic acids is 1. The molecule has 1 N–H and O–H groups in total. The molecule has 0 unspecified atom stereocenters. The van der Waals surface area contributed by atoms with E-state index in [2.05, 4.69) is 0 Å². The molecule has 0 spiro atoms. The second-order valence-electron chi connectivity index (χ2n) is 5.62. The van der Waals surface area contributed by atoms with Gasteiger partial charge in [0.1, 0.15) is 0 Å². The third kappa shape index (κ3) is 2.86. The van der Waals surface area contributed by atoms with Crippen molar-refractivity contribution in [3.05, 3.63) is 15.8 Å². The van der Waals surface area contributed by atoms with Crippen LogP contribution >= 0.6 is 11.3 Å². The van der Waals surface area contributed by atoms with Crippen LogP contribution in [0.4, 0.5) is 0 Å². The zero-order valence-electron chi connectivity index (χ0n) is 12.5. The Balaban J connectivity index is 2.22. The highest BCUT2D eigenvalue weighted by Crippen LogP contribution is 2.37. The number of carboxylic acids is 1. The van der Waals surface area contributed by atoms with Gasteiger partial charge < -0.3 is 5.11 Å². The number of carbonyl (C=O) groups is 1. The first-order valence-corrected chi connectivity index (χ1v) is 9.29. The molecular formula is C14H21NO4S2. The molecule has 1 aromatic heterocycles. The van der Waals surface area contributed by atoms with Crippen LogP contribution < -0.4 is 0 Å². The van der Waals surface area contributed by atoms with Gasteiger partial charge in [-0.05, 0) is 39.2 Å². The van der Waals surface area contributed by atoms with Crippen LogP contribution in [0.5, 0.6) is 0 Å². The van der Waals surface area contributed by atoms with Crippen LogP contribution in [0.1, 0.15) is 35.9 Å². The van der Waals surface area contributed by atoms with Crippen LogP contribution in [0, 0.1) is 19.3 Å². The molecule has 0 radical (unpaired) electrons. The Labute approximate surface area is 129 Å². The van der Waals surface area contributed by atoms with E-state index in [1.54, 1.807) is 6.07 Å². The molecule has 1 aliphatic rings. The number of hydrogen-bond donors (Lipinski definition) is 1. The van der Waals surface area contributed by atoms with E-state index in [1.165, 1.54) is 15.6 Å². The summed E-state index contributed by atoms with van der Waals surface area (Å²) in [5.74, 6) is -0.815. The topological polar surface area (TPSA) is 74.7 Å². The molecule has 0 aliphatic carbocycles. The maximum absolute atomic E-state index is 12.7. The summed E-state index contributed by atoms with van der Waals surface area (Å²) in [7, 11) is -3.51. The highest BCUT2D eigenvalue weighted by molar-refractivity contribution is 7.89. The molecule has 0 bridgehead atoms. The molecule has 0 atom stereocenters. The first-order chi connectivity index (χ1) is 9.73. The van der Waals surface area contributed by atoms with Crippen molar-refractivity contribution in [3.63, 3.8) is 0 Å². The summed E-state index contributed by atoms with van der Waals surface area (Å²) >= 11 is 1.47. The van der Waals surface area contributed by atoms with Crippen LogP contribution in [0.2, 0.25) is 0 Å². The van der Waals surface area contributed by atoms with Gasteiger partial charge in [-0.3, -0.25) is 4.79 Å². The summed E-state index contributed by atoms with van der Waals surface area (Å²) < 4.78 is 26.8. The summed E-state index contributed by atoms with van der Waals surface area (Å²) in [5.41, 5.74) is -0.772. The molecular weight excluding hydrogens is 310 g/mol. The molecule has 1 fully saturated rings. The molecule has 2 rings (SSSR count). The van der Waals surface area contributed by atoms with Gasteiger partial charge in [0.2, 0.25) is 10.0 Å². The molecule has 2 heterocycles. The fraction of sp³-hybridized carbons (Fsp3) is 0.643. The Hall–Kier alpha value is -0.920. The lowest BCUT2D eigenvalue weighted by Crippen LogP contribution is -2.46. The first-order valence-electron chi connectivity index (χ1n) is 7.03. The third-order valence-corrected chi connectivity index (χ3v) is 7.54. The molecule has 0 saturated carbocycles. The van der Waals surface area contributed by atoms with E-state index in [-0.39, 0.29) is 13.1 Å². The Morgan fingerprint density at radius 1 is 1.38 bits per heavy atom. The molecule has 118 valence electrons. The number of rotatable bonds is 4. The van der Waals surface area contributed by atoms with Crippen molar-refractivity contribution in [1.82, 2.24) is 4.31 Å². The molecule has 0 aromatic carbocycles. The quantitative estimate of drug-likeness (QED) is 0.920. The van der Waals surface area contributed by atoms with Crippen molar-refractivity contribution in [2.45, 2.75) is 44.9 Å². The molecule has 5 nitrogen and oxygen atoms in total. The summed E-state index contributed by atoms with van der Waals surface area (Å²) in [6.07, 6.45) is 1.28. The van der Waals surface area contributed by atoms with Crippen molar-refractivity contribution in [3.8, 4) is 0 Å². The van der Waals surface area contributed by atoms with Crippen LogP contribution in [0.15, 0.2) is 11.0 Å². The maximum atomic E-state index is 12.7. The van der Waals surface area contributed by atoms with Gasteiger partial charge in [0.05, 0.1) is 10.3 Å². The number of sulfonamides is 1. The Kier molecular flexibility index (Phi) is 4.46. The molecule has 1 saturated heterocycles.